The van der Waals surface area contributed by atoms with E-state index in [0.717, 1.165) is 0 Å². The lowest BCUT2D eigenvalue weighted by atomic mass is 10.6. The van der Waals surface area contributed by atoms with E-state index in [1.807, 2.05) is 0 Å². The molecule has 42 valence electrons. The molecule has 0 heterocycles. The van der Waals surface area contributed by atoms with Crippen LogP contribution in [-0.4, -0.2) is 29.7 Å². The van der Waals surface area contributed by atoms with Gasteiger partial charge in [-0.1, -0.05) is 0 Å². The third-order valence-corrected chi connectivity index (χ3v) is 0.750. The van der Waals surface area contributed by atoms with E-state index in [4.69, 9.17) is 5.11 Å². The molecule has 3 nitrogen and oxygen atoms in total. The SMILES string of the molecule is CC(=O)N(C)CO. The van der Waals surface area contributed by atoms with Crippen molar-refractivity contribution >= 4 is 5.91 Å². The maximum atomic E-state index is 10.1. The molecule has 0 aliphatic carbocycles. The van der Waals surface area contributed by atoms with Crippen molar-refractivity contribution in [2.24, 2.45) is 0 Å². The molecule has 0 aliphatic rings. The Kier molecular flexibility index (Phi) is 2.37. The first-order valence-corrected chi connectivity index (χ1v) is 2.01. The van der Waals surface area contributed by atoms with E-state index in [1.54, 1.807) is 0 Å². The van der Waals surface area contributed by atoms with E-state index < -0.39 is 0 Å². The van der Waals surface area contributed by atoms with Crippen LogP contribution in [0.1, 0.15) is 6.92 Å². The van der Waals surface area contributed by atoms with Crippen LogP contribution in [0.4, 0.5) is 0 Å². The molecule has 1 N–H and O–H groups in total. The minimum atomic E-state index is -0.199. The first-order valence-electron chi connectivity index (χ1n) is 2.01. The second kappa shape index (κ2) is 2.58. The molecule has 1 amide bonds. The van der Waals surface area contributed by atoms with Crippen molar-refractivity contribution in [2.45, 2.75) is 6.92 Å². The normalized spacial score (nSPS) is 8.43. The van der Waals surface area contributed by atoms with Crippen LogP contribution in [0.3, 0.4) is 0 Å². The predicted molar refractivity (Wildman–Crippen MR) is 25.5 cm³/mol. The fourth-order valence-electron chi connectivity index (χ4n) is 0.0996. The second-order valence-electron chi connectivity index (χ2n) is 1.36. The van der Waals surface area contributed by atoms with Crippen molar-refractivity contribution in [3.8, 4) is 0 Å². The summed E-state index contributed by atoms with van der Waals surface area (Å²) in [5, 5.41) is 8.21. The van der Waals surface area contributed by atoms with Gasteiger partial charge in [-0.15, -0.1) is 0 Å². The van der Waals surface area contributed by atoms with Gasteiger partial charge < -0.3 is 10.0 Å². The molecule has 0 aromatic carbocycles. The minimum Gasteiger partial charge on any atom is -0.376 e. The highest BCUT2D eigenvalue weighted by atomic mass is 16.3. The summed E-state index contributed by atoms with van der Waals surface area (Å²) >= 11 is 0. The van der Waals surface area contributed by atoms with Crippen molar-refractivity contribution < 1.29 is 9.90 Å². The summed E-state index contributed by atoms with van der Waals surface area (Å²) in [5.74, 6) is -0.123. The number of hydrogen-bond donors (Lipinski definition) is 1. The molecule has 0 saturated heterocycles. The number of aliphatic hydroxyl groups excluding tert-OH is 1. The number of hydrogen-bond acceptors (Lipinski definition) is 2. The highest BCUT2D eigenvalue weighted by Gasteiger charge is 1.94. The van der Waals surface area contributed by atoms with Gasteiger partial charge >= 0.3 is 0 Å². The van der Waals surface area contributed by atoms with Gasteiger partial charge in [0.2, 0.25) is 5.91 Å². The number of carbonyl (C=O) groups excluding carboxylic acids is 1. The fraction of sp³-hybridized carbons (Fsp3) is 0.750. The fourth-order valence-corrected chi connectivity index (χ4v) is 0.0996. The van der Waals surface area contributed by atoms with E-state index >= 15 is 0 Å². The van der Waals surface area contributed by atoms with Crippen LogP contribution in [0.5, 0.6) is 0 Å². The highest BCUT2D eigenvalue weighted by molar-refractivity contribution is 5.72. The molecule has 0 atom stereocenters. The van der Waals surface area contributed by atoms with Gasteiger partial charge in [-0.25, -0.2) is 0 Å². The Hall–Kier alpha value is -0.570. The van der Waals surface area contributed by atoms with Crippen LogP contribution in [0.2, 0.25) is 0 Å². The largest absolute Gasteiger partial charge is 0.376 e. The molecule has 7 heavy (non-hydrogen) atoms. The van der Waals surface area contributed by atoms with Gasteiger partial charge in [-0.2, -0.15) is 0 Å². The number of carbonyl (C=O) groups is 1. The molecule has 0 fully saturated rings. The van der Waals surface area contributed by atoms with E-state index in [-0.39, 0.29) is 12.6 Å². The standard InChI is InChI=1S/C4H9NO2/c1-4(7)5(2)3-6/h6H,3H2,1-2H3. The maximum absolute atomic E-state index is 10.1. The summed E-state index contributed by atoms with van der Waals surface area (Å²) in [6.07, 6.45) is 0. The molecule has 0 spiro atoms. The lowest BCUT2D eigenvalue weighted by Gasteiger charge is -2.07. The molecule has 0 aliphatic heterocycles. The number of nitrogens with zero attached hydrogens (tertiary/aromatic N) is 1. The van der Waals surface area contributed by atoms with Crippen LogP contribution in [-0.2, 0) is 4.79 Å². The van der Waals surface area contributed by atoms with E-state index in [1.165, 1.54) is 18.9 Å². The Morgan fingerprint density at radius 2 is 2.29 bits per heavy atom. The quantitative estimate of drug-likeness (QED) is 0.451. The zero-order valence-corrected chi connectivity index (χ0v) is 4.51. The molecule has 3 heteroatoms. The van der Waals surface area contributed by atoms with Gasteiger partial charge in [0.25, 0.3) is 0 Å². The lowest BCUT2D eigenvalue weighted by Crippen LogP contribution is -2.24. The summed E-state index contributed by atoms with van der Waals surface area (Å²) in [6, 6.07) is 0. The van der Waals surface area contributed by atoms with Gasteiger partial charge in [0, 0.05) is 14.0 Å². The minimum absolute atomic E-state index is 0.123. The first-order chi connectivity index (χ1) is 3.18. The Balaban J connectivity index is 3.34. The molecule has 0 aromatic heterocycles. The molecule has 0 saturated carbocycles. The second-order valence-corrected chi connectivity index (χ2v) is 1.36. The highest BCUT2D eigenvalue weighted by Crippen LogP contribution is 1.75. The van der Waals surface area contributed by atoms with E-state index in [0.29, 0.717) is 0 Å². The van der Waals surface area contributed by atoms with Crippen LogP contribution in [0, 0.1) is 0 Å². The summed E-state index contributed by atoms with van der Waals surface area (Å²) in [7, 11) is 1.53. The van der Waals surface area contributed by atoms with Crippen LogP contribution in [0.15, 0.2) is 0 Å². The van der Waals surface area contributed by atoms with Crippen molar-refractivity contribution in [3.05, 3.63) is 0 Å². The molecular weight excluding hydrogens is 94.0 g/mol. The maximum Gasteiger partial charge on any atom is 0.220 e. The molecular formula is C4H9NO2. The van der Waals surface area contributed by atoms with Gasteiger partial charge in [-0.3, -0.25) is 4.79 Å². The summed E-state index contributed by atoms with van der Waals surface area (Å²) in [5.41, 5.74) is 0. The Labute approximate surface area is 42.5 Å². The zero-order chi connectivity index (χ0) is 5.86. The summed E-state index contributed by atoms with van der Waals surface area (Å²) in [6.45, 7) is 1.20. The van der Waals surface area contributed by atoms with E-state index in [9.17, 15) is 4.79 Å². The van der Waals surface area contributed by atoms with Crippen molar-refractivity contribution in [1.29, 1.82) is 0 Å². The van der Waals surface area contributed by atoms with Crippen molar-refractivity contribution in [1.82, 2.24) is 4.90 Å². The molecule has 0 rings (SSSR count). The number of amides is 1. The van der Waals surface area contributed by atoms with Gasteiger partial charge in [0.05, 0.1) is 0 Å². The van der Waals surface area contributed by atoms with Crippen LogP contribution in [0.25, 0.3) is 0 Å². The Morgan fingerprint density at radius 3 is 2.29 bits per heavy atom. The smallest absolute Gasteiger partial charge is 0.220 e. The molecule has 0 radical (unpaired) electrons. The average Bonchev–Trinajstić information content (AvgIpc) is 1.65. The average molecular weight is 103 g/mol. The van der Waals surface area contributed by atoms with E-state index in [2.05, 4.69) is 0 Å². The lowest BCUT2D eigenvalue weighted by molar-refractivity contribution is -0.130. The predicted octanol–water partition coefficient (Wildman–Crippen LogP) is -0.586. The summed E-state index contributed by atoms with van der Waals surface area (Å²) < 4.78 is 0. The third-order valence-electron chi connectivity index (χ3n) is 0.750. The summed E-state index contributed by atoms with van der Waals surface area (Å²) in [4.78, 5) is 11.3. The number of rotatable bonds is 1. The van der Waals surface area contributed by atoms with Crippen LogP contribution >= 0.6 is 0 Å². The van der Waals surface area contributed by atoms with Gasteiger partial charge in [-0.05, 0) is 0 Å². The Bertz CT molecular complexity index is 72.1. The first kappa shape index (κ1) is 6.43. The van der Waals surface area contributed by atoms with Crippen molar-refractivity contribution in [3.63, 3.8) is 0 Å². The van der Waals surface area contributed by atoms with Gasteiger partial charge in [0.15, 0.2) is 0 Å². The monoisotopic (exact) mass is 103 g/mol. The molecule has 0 unspecified atom stereocenters. The Morgan fingerprint density at radius 1 is 1.86 bits per heavy atom. The topological polar surface area (TPSA) is 40.5 Å². The molecule has 0 aromatic rings. The van der Waals surface area contributed by atoms with Crippen molar-refractivity contribution in [2.75, 3.05) is 13.8 Å². The zero-order valence-electron chi connectivity index (χ0n) is 4.51. The number of aliphatic hydroxyl groups is 1. The van der Waals surface area contributed by atoms with Crippen LogP contribution < -0.4 is 0 Å². The van der Waals surface area contributed by atoms with Gasteiger partial charge in [0.1, 0.15) is 6.73 Å². The molecule has 0 bridgehead atoms. The third kappa shape index (κ3) is 2.17.